The monoisotopic (exact) mass is 398 g/mol. The van der Waals surface area contributed by atoms with Crippen LogP contribution in [0.2, 0.25) is 10.0 Å². The number of thiocarbonyl (C=S) groups is 1. The lowest BCUT2D eigenvalue weighted by Crippen LogP contribution is -2.37. The zero-order chi connectivity index (χ0) is 18.4. The maximum atomic E-state index is 11.8. The van der Waals surface area contributed by atoms with Crippen LogP contribution in [-0.2, 0) is 4.79 Å². The number of hydrogen-bond acceptors (Lipinski definition) is 4. The topological polar surface area (TPSA) is 87.7 Å². The molecular formula is C16H12Cl2N2O4S. The van der Waals surface area contributed by atoms with Crippen LogP contribution in [0.4, 0.5) is 5.69 Å². The van der Waals surface area contributed by atoms with Crippen molar-refractivity contribution in [2.24, 2.45) is 0 Å². The highest BCUT2D eigenvalue weighted by atomic mass is 35.5. The van der Waals surface area contributed by atoms with Crippen molar-refractivity contribution in [1.29, 1.82) is 0 Å². The number of carboxylic acids is 1. The SMILES string of the molecule is O=C(COc1ccc(Cl)cc1)NC(=S)Nc1cc(C(=O)O)ccc1Cl. The summed E-state index contributed by atoms with van der Waals surface area (Å²) in [6.45, 7) is -0.258. The van der Waals surface area contributed by atoms with Crippen molar-refractivity contribution >= 4 is 58.1 Å². The molecule has 0 fully saturated rings. The number of carbonyl (C=O) groups is 2. The lowest BCUT2D eigenvalue weighted by molar-refractivity contribution is -0.121. The van der Waals surface area contributed by atoms with Crippen molar-refractivity contribution in [1.82, 2.24) is 5.32 Å². The van der Waals surface area contributed by atoms with E-state index in [2.05, 4.69) is 10.6 Å². The highest BCUT2D eigenvalue weighted by Gasteiger charge is 2.10. The fraction of sp³-hybridized carbons (Fsp3) is 0.0625. The predicted molar refractivity (Wildman–Crippen MR) is 99.7 cm³/mol. The van der Waals surface area contributed by atoms with Gasteiger partial charge in [-0.25, -0.2) is 4.79 Å². The zero-order valence-electron chi connectivity index (χ0n) is 12.6. The van der Waals surface area contributed by atoms with Gasteiger partial charge in [0.25, 0.3) is 5.91 Å². The van der Waals surface area contributed by atoms with Gasteiger partial charge in [0, 0.05) is 5.02 Å². The van der Waals surface area contributed by atoms with Crippen LogP contribution in [0.25, 0.3) is 0 Å². The van der Waals surface area contributed by atoms with Crippen molar-refractivity contribution in [3.05, 3.63) is 58.1 Å². The summed E-state index contributed by atoms with van der Waals surface area (Å²) in [6, 6.07) is 10.6. The maximum absolute atomic E-state index is 11.8. The van der Waals surface area contributed by atoms with Crippen LogP contribution in [0.15, 0.2) is 42.5 Å². The number of ether oxygens (including phenoxy) is 1. The molecule has 0 atom stereocenters. The van der Waals surface area contributed by atoms with Crippen LogP contribution in [0, 0.1) is 0 Å². The summed E-state index contributed by atoms with van der Waals surface area (Å²) < 4.78 is 5.29. The Labute approximate surface area is 158 Å². The van der Waals surface area contributed by atoms with Crippen molar-refractivity contribution in [3.63, 3.8) is 0 Å². The average Bonchev–Trinajstić information content (AvgIpc) is 2.56. The second-order valence-electron chi connectivity index (χ2n) is 4.74. The minimum absolute atomic E-state index is 0.0332. The first-order chi connectivity index (χ1) is 11.8. The van der Waals surface area contributed by atoms with Gasteiger partial charge in [0.05, 0.1) is 16.3 Å². The smallest absolute Gasteiger partial charge is 0.335 e. The predicted octanol–water partition coefficient (Wildman–Crippen LogP) is 3.58. The largest absolute Gasteiger partial charge is 0.484 e. The van der Waals surface area contributed by atoms with Gasteiger partial charge in [-0.15, -0.1) is 0 Å². The van der Waals surface area contributed by atoms with Gasteiger partial charge in [-0.3, -0.25) is 10.1 Å². The van der Waals surface area contributed by atoms with E-state index in [0.29, 0.717) is 10.8 Å². The van der Waals surface area contributed by atoms with Crippen LogP contribution in [0.1, 0.15) is 10.4 Å². The molecule has 0 aromatic heterocycles. The van der Waals surface area contributed by atoms with Crippen molar-refractivity contribution < 1.29 is 19.4 Å². The normalized spacial score (nSPS) is 10.0. The van der Waals surface area contributed by atoms with Gasteiger partial charge < -0.3 is 15.2 Å². The van der Waals surface area contributed by atoms with Gasteiger partial charge in [-0.2, -0.15) is 0 Å². The summed E-state index contributed by atoms with van der Waals surface area (Å²) in [5.74, 6) is -1.11. The van der Waals surface area contributed by atoms with E-state index >= 15 is 0 Å². The van der Waals surface area contributed by atoms with E-state index in [9.17, 15) is 9.59 Å². The molecule has 130 valence electrons. The average molecular weight is 399 g/mol. The molecule has 0 aliphatic heterocycles. The third kappa shape index (κ3) is 5.90. The number of hydrogen-bond donors (Lipinski definition) is 3. The molecule has 0 aliphatic carbocycles. The van der Waals surface area contributed by atoms with Gasteiger partial charge in [-0.05, 0) is 54.7 Å². The summed E-state index contributed by atoms with van der Waals surface area (Å²) in [6.07, 6.45) is 0. The van der Waals surface area contributed by atoms with Gasteiger partial charge >= 0.3 is 5.97 Å². The van der Waals surface area contributed by atoms with E-state index < -0.39 is 11.9 Å². The quantitative estimate of drug-likeness (QED) is 0.667. The molecule has 1 amide bonds. The number of halogens is 2. The van der Waals surface area contributed by atoms with Gasteiger partial charge in [0.15, 0.2) is 11.7 Å². The Kier molecular flexibility index (Phi) is 6.58. The fourth-order valence-electron chi connectivity index (χ4n) is 1.75. The second kappa shape index (κ2) is 8.66. The fourth-order valence-corrected chi connectivity index (χ4v) is 2.26. The molecule has 3 N–H and O–H groups in total. The summed E-state index contributed by atoms with van der Waals surface area (Å²) in [5.41, 5.74) is 0.303. The van der Waals surface area contributed by atoms with E-state index in [1.54, 1.807) is 24.3 Å². The molecule has 0 radical (unpaired) electrons. The molecule has 2 aromatic rings. The van der Waals surface area contributed by atoms with E-state index in [-0.39, 0.29) is 28.0 Å². The first-order valence-electron chi connectivity index (χ1n) is 6.87. The number of benzene rings is 2. The molecule has 2 rings (SSSR count). The van der Waals surface area contributed by atoms with Crippen LogP contribution < -0.4 is 15.4 Å². The van der Waals surface area contributed by atoms with Crippen LogP contribution in [0.5, 0.6) is 5.75 Å². The number of anilines is 1. The molecule has 9 heteroatoms. The first kappa shape index (κ1) is 19.0. The molecule has 0 heterocycles. The number of carboxylic acid groups (broad SMARTS) is 1. The summed E-state index contributed by atoms with van der Waals surface area (Å²) >= 11 is 16.7. The van der Waals surface area contributed by atoms with E-state index in [1.807, 2.05) is 0 Å². The zero-order valence-corrected chi connectivity index (χ0v) is 14.9. The van der Waals surface area contributed by atoms with E-state index in [4.69, 9.17) is 45.3 Å². The van der Waals surface area contributed by atoms with Crippen molar-refractivity contribution in [2.75, 3.05) is 11.9 Å². The van der Waals surface area contributed by atoms with Gasteiger partial charge in [-0.1, -0.05) is 23.2 Å². The Morgan fingerprint density at radius 2 is 1.80 bits per heavy atom. The van der Waals surface area contributed by atoms with E-state index in [0.717, 1.165) is 0 Å². The van der Waals surface area contributed by atoms with E-state index in [1.165, 1.54) is 18.2 Å². The molecule has 0 bridgehead atoms. The molecule has 0 unspecified atom stereocenters. The molecule has 0 saturated heterocycles. The minimum Gasteiger partial charge on any atom is -0.484 e. The molecule has 0 aliphatic rings. The number of amides is 1. The Morgan fingerprint density at radius 3 is 2.44 bits per heavy atom. The van der Waals surface area contributed by atoms with Gasteiger partial charge in [0.2, 0.25) is 0 Å². The number of aromatic carboxylic acids is 1. The highest BCUT2D eigenvalue weighted by Crippen LogP contribution is 2.23. The summed E-state index contributed by atoms with van der Waals surface area (Å²) in [5, 5.41) is 14.8. The standard InChI is InChI=1S/C16H12Cl2N2O4S/c17-10-2-4-11(5-3-10)24-8-14(21)20-16(25)19-13-7-9(15(22)23)1-6-12(13)18/h1-7H,8H2,(H,22,23)(H2,19,20,21,25). The Morgan fingerprint density at radius 1 is 1.12 bits per heavy atom. The Hall–Kier alpha value is -2.35. The second-order valence-corrected chi connectivity index (χ2v) is 6.00. The molecule has 6 nitrogen and oxygen atoms in total. The maximum Gasteiger partial charge on any atom is 0.335 e. The molecule has 0 saturated carbocycles. The highest BCUT2D eigenvalue weighted by molar-refractivity contribution is 7.80. The lowest BCUT2D eigenvalue weighted by Gasteiger charge is -2.12. The minimum atomic E-state index is -1.11. The third-order valence-corrected chi connectivity index (χ3v) is 3.68. The van der Waals surface area contributed by atoms with Crippen LogP contribution in [-0.4, -0.2) is 28.7 Å². The van der Waals surface area contributed by atoms with Crippen molar-refractivity contribution in [3.8, 4) is 5.75 Å². The van der Waals surface area contributed by atoms with Crippen molar-refractivity contribution in [2.45, 2.75) is 0 Å². The number of carbonyl (C=O) groups excluding carboxylic acids is 1. The summed E-state index contributed by atoms with van der Waals surface area (Å²) in [7, 11) is 0. The van der Waals surface area contributed by atoms with Crippen LogP contribution in [0.3, 0.4) is 0 Å². The molecule has 2 aromatic carbocycles. The molecule has 25 heavy (non-hydrogen) atoms. The lowest BCUT2D eigenvalue weighted by atomic mass is 10.2. The third-order valence-electron chi connectivity index (χ3n) is 2.90. The van der Waals surface area contributed by atoms with Gasteiger partial charge in [0.1, 0.15) is 5.75 Å². The number of rotatable bonds is 5. The van der Waals surface area contributed by atoms with Crippen LogP contribution >= 0.6 is 35.4 Å². The molecule has 0 spiro atoms. The Balaban J connectivity index is 1.89. The molecular weight excluding hydrogens is 387 g/mol. The Bertz CT molecular complexity index is 812. The first-order valence-corrected chi connectivity index (χ1v) is 8.03. The summed E-state index contributed by atoms with van der Waals surface area (Å²) in [4.78, 5) is 22.8. The number of nitrogens with one attached hydrogen (secondary N) is 2.